The molecule has 0 fully saturated rings. The standard InChI is InChI=1S/C13H9N.2ClH.H2O/c1-3-7-12-10(5-1)9-11-6-2-4-8-13(11)14-12;;;/h1-9H;2*1H;1H2. The van der Waals surface area contributed by atoms with E-state index >= 15 is 0 Å². The summed E-state index contributed by atoms with van der Waals surface area (Å²) in [5.74, 6) is 0. The average molecular weight is 270 g/mol. The molecule has 0 saturated heterocycles. The molecule has 1 heterocycles. The van der Waals surface area contributed by atoms with Gasteiger partial charge in [-0.3, -0.25) is 0 Å². The number of aromatic nitrogens is 1. The first-order chi connectivity index (χ1) is 6.93. The third kappa shape index (κ3) is 2.86. The van der Waals surface area contributed by atoms with Gasteiger partial charge in [0, 0.05) is 10.8 Å². The number of halogens is 2. The third-order valence-corrected chi connectivity index (χ3v) is 2.43. The lowest BCUT2D eigenvalue weighted by Crippen LogP contribution is -1.80. The Bertz CT molecular complexity index is 508. The zero-order chi connectivity index (χ0) is 9.38. The van der Waals surface area contributed by atoms with Crippen LogP contribution in [0.3, 0.4) is 0 Å². The van der Waals surface area contributed by atoms with E-state index in [1.165, 1.54) is 10.8 Å². The van der Waals surface area contributed by atoms with Crippen LogP contribution >= 0.6 is 24.8 Å². The van der Waals surface area contributed by atoms with Gasteiger partial charge < -0.3 is 5.48 Å². The van der Waals surface area contributed by atoms with Crippen LogP contribution in [0.4, 0.5) is 0 Å². The summed E-state index contributed by atoms with van der Waals surface area (Å²) in [4.78, 5) is 4.58. The maximum Gasteiger partial charge on any atom is 0.0709 e. The summed E-state index contributed by atoms with van der Waals surface area (Å²) in [5.41, 5.74) is 2.12. The number of benzene rings is 2. The van der Waals surface area contributed by atoms with Crippen LogP contribution in [0.1, 0.15) is 0 Å². The second kappa shape index (κ2) is 6.40. The fourth-order valence-electron chi connectivity index (χ4n) is 1.72. The minimum atomic E-state index is 0. The molecule has 0 unspecified atom stereocenters. The zero-order valence-corrected chi connectivity index (χ0v) is 10.6. The summed E-state index contributed by atoms with van der Waals surface area (Å²) >= 11 is 0. The van der Waals surface area contributed by atoms with Gasteiger partial charge in [-0.2, -0.15) is 0 Å². The second-order valence-electron chi connectivity index (χ2n) is 3.37. The van der Waals surface area contributed by atoms with E-state index < -0.39 is 0 Å². The van der Waals surface area contributed by atoms with Gasteiger partial charge in [0.25, 0.3) is 0 Å². The Labute approximate surface area is 112 Å². The number of fused-ring (bicyclic) bond motifs is 2. The molecule has 0 amide bonds. The molecule has 4 heteroatoms. The van der Waals surface area contributed by atoms with Crippen molar-refractivity contribution in [2.75, 3.05) is 0 Å². The van der Waals surface area contributed by atoms with Gasteiger partial charge in [0.2, 0.25) is 0 Å². The lowest BCUT2D eigenvalue weighted by atomic mass is 10.1. The molecular formula is C13H13Cl2NO. The number of hydrogen-bond donors (Lipinski definition) is 0. The summed E-state index contributed by atoms with van der Waals surface area (Å²) < 4.78 is 0. The first-order valence-corrected chi connectivity index (χ1v) is 4.68. The molecule has 0 aliphatic carbocycles. The Morgan fingerprint density at radius 3 is 1.53 bits per heavy atom. The van der Waals surface area contributed by atoms with Crippen LogP contribution in [-0.4, -0.2) is 10.5 Å². The monoisotopic (exact) mass is 269 g/mol. The van der Waals surface area contributed by atoms with Crippen molar-refractivity contribution < 1.29 is 5.48 Å². The van der Waals surface area contributed by atoms with Crippen molar-refractivity contribution in [2.45, 2.75) is 0 Å². The van der Waals surface area contributed by atoms with Gasteiger partial charge in [-0.05, 0) is 18.2 Å². The quantitative estimate of drug-likeness (QED) is 0.577. The summed E-state index contributed by atoms with van der Waals surface area (Å²) in [6, 6.07) is 18.6. The average Bonchev–Trinajstić information content (AvgIpc) is 2.26. The van der Waals surface area contributed by atoms with Crippen molar-refractivity contribution in [3.63, 3.8) is 0 Å². The number of pyridine rings is 1. The van der Waals surface area contributed by atoms with Crippen molar-refractivity contribution in [1.82, 2.24) is 4.98 Å². The van der Waals surface area contributed by atoms with Crippen LogP contribution in [0.5, 0.6) is 0 Å². The SMILES string of the molecule is Cl.Cl.O.c1ccc2nc3ccccc3cc2c1. The van der Waals surface area contributed by atoms with Gasteiger partial charge in [0.1, 0.15) is 0 Å². The summed E-state index contributed by atoms with van der Waals surface area (Å²) in [7, 11) is 0. The minimum Gasteiger partial charge on any atom is -0.412 e. The van der Waals surface area contributed by atoms with Crippen molar-refractivity contribution in [3.05, 3.63) is 54.6 Å². The first kappa shape index (κ1) is 15.7. The molecule has 2 nitrogen and oxygen atoms in total. The predicted octanol–water partition coefficient (Wildman–Crippen LogP) is 3.41. The normalized spacial score (nSPS) is 8.94. The number of para-hydroxylation sites is 2. The molecule has 0 atom stereocenters. The van der Waals surface area contributed by atoms with E-state index in [1.807, 2.05) is 36.4 Å². The Morgan fingerprint density at radius 2 is 1.06 bits per heavy atom. The number of rotatable bonds is 0. The maximum atomic E-state index is 4.58. The topological polar surface area (TPSA) is 44.4 Å². The van der Waals surface area contributed by atoms with Gasteiger partial charge in [-0.15, -0.1) is 24.8 Å². The lowest BCUT2D eigenvalue weighted by Gasteiger charge is -1.99. The molecule has 0 bridgehead atoms. The Kier molecular flexibility index (Phi) is 5.89. The molecule has 1 aromatic heterocycles. The van der Waals surface area contributed by atoms with E-state index in [0.717, 1.165) is 11.0 Å². The largest absolute Gasteiger partial charge is 0.412 e. The highest BCUT2D eigenvalue weighted by Gasteiger charge is 1.96. The lowest BCUT2D eigenvalue weighted by molar-refractivity contribution is 0.824. The third-order valence-electron chi connectivity index (χ3n) is 2.43. The van der Waals surface area contributed by atoms with E-state index in [2.05, 4.69) is 23.2 Å². The molecular weight excluding hydrogens is 257 g/mol. The number of hydrogen-bond acceptors (Lipinski definition) is 1. The van der Waals surface area contributed by atoms with E-state index in [0.29, 0.717) is 0 Å². The van der Waals surface area contributed by atoms with Gasteiger partial charge >= 0.3 is 0 Å². The second-order valence-corrected chi connectivity index (χ2v) is 3.37. The Balaban J connectivity index is 0.000000853. The molecule has 0 aliphatic heterocycles. The molecule has 0 aliphatic rings. The van der Waals surface area contributed by atoms with Gasteiger partial charge in [-0.1, -0.05) is 36.4 Å². The summed E-state index contributed by atoms with van der Waals surface area (Å²) in [6.07, 6.45) is 0. The fourth-order valence-corrected chi connectivity index (χ4v) is 1.72. The molecule has 2 N–H and O–H groups in total. The zero-order valence-electron chi connectivity index (χ0n) is 8.96. The Hall–Kier alpha value is -1.35. The van der Waals surface area contributed by atoms with E-state index in [4.69, 9.17) is 0 Å². The van der Waals surface area contributed by atoms with Crippen LogP contribution in [0.25, 0.3) is 21.8 Å². The first-order valence-electron chi connectivity index (χ1n) is 4.68. The smallest absolute Gasteiger partial charge is 0.0709 e. The van der Waals surface area contributed by atoms with Crippen molar-refractivity contribution in [2.24, 2.45) is 0 Å². The molecule has 3 aromatic rings. The predicted molar refractivity (Wildman–Crippen MR) is 77.4 cm³/mol. The highest BCUT2D eigenvalue weighted by molar-refractivity contribution is 5.92. The van der Waals surface area contributed by atoms with Crippen LogP contribution in [0, 0.1) is 0 Å². The summed E-state index contributed by atoms with van der Waals surface area (Å²) in [5, 5.41) is 2.40. The summed E-state index contributed by atoms with van der Waals surface area (Å²) in [6.45, 7) is 0. The molecule has 3 rings (SSSR count). The van der Waals surface area contributed by atoms with Crippen molar-refractivity contribution in [3.8, 4) is 0 Å². The molecule has 0 saturated carbocycles. The van der Waals surface area contributed by atoms with E-state index in [9.17, 15) is 0 Å². The van der Waals surface area contributed by atoms with E-state index in [1.54, 1.807) is 0 Å². The van der Waals surface area contributed by atoms with Crippen molar-refractivity contribution in [1.29, 1.82) is 0 Å². The molecule has 0 spiro atoms. The van der Waals surface area contributed by atoms with Crippen LogP contribution in [0.2, 0.25) is 0 Å². The Morgan fingerprint density at radius 1 is 0.647 bits per heavy atom. The van der Waals surface area contributed by atoms with Crippen molar-refractivity contribution >= 4 is 46.6 Å². The van der Waals surface area contributed by atoms with Gasteiger partial charge in [0.15, 0.2) is 0 Å². The highest BCUT2D eigenvalue weighted by Crippen LogP contribution is 2.18. The minimum absolute atomic E-state index is 0. The highest BCUT2D eigenvalue weighted by atomic mass is 35.5. The van der Waals surface area contributed by atoms with Crippen LogP contribution in [-0.2, 0) is 0 Å². The molecule has 2 aromatic carbocycles. The fraction of sp³-hybridized carbons (Fsp3) is 0. The van der Waals surface area contributed by atoms with E-state index in [-0.39, 0.29) is 30.3 Å². The molecule has 90 valence electrons. The molecule has 0 radical (unpaired) electrons. The number of nitrogens with zero attached hydrogens (tertiary/aromatic N) is 1. The maximum absolute atomic E-state index is 4.58. The van der Waals surface area contributed by atoms with Crippen LogP contribution < -0.4 is 0 Å². The van der Waals surface area contributed by atoms with Gasteiger partial charge in [-0.25, -0.2) is 4.98 Å². The molecule has 17 heavy (non-hydrogen) atoms. The van der Waals surface area contributed by atoms with Crippen LogP contribution in [0.15, 0.2) is 54.6 Å². The van der Waals surface area contributed by atoms with Gasteiger partial charge in [0.05, 0.1) is 11.0 Å².